The average Bonchev–Trinajstić information content (AvgIpc) is 2.31. The average molecular weight is 297 g/mol. The molecule has 8 nitrogen and oxygen atoms in total. The summed E-state index contributed by atoms with van der Waals surface area (Å²) in [5, 5.41) is 19.6. The van der Waals surface area contributed by atoms with Gasteiger partial charge in [0.2, 0.25) is 5.91 Å². The van der Waals surface area contributed by atoms with E-state index in [0.717, 1.165) is 21.6 Å². The van der Waals surface area contributed by atoms with Crippen LogP contribution in [0.5, 0.6) is 0 Å². The van der Waals surface area contributed by atoms with E-state index in [4.69, 9.17) is 21.7 Å². The van der Waals surface area contributed by atoms with E-state index in [1.165, 1.54) is 0 Å². The van der Waals surface area contributed by atoms with Crippen LogP contribution in [0.2, 0.25) is 0 Å². The van der Waals surface area contributed by atoms with E-state index in [1.54, 1.807) is 0 Å². The fourth-order valence-electron chi connectivity index (χ4n) is 0.737. The van der Waals surface area contributed by atoms with Gasteiger partial charge in [-0.05, 0) is 0 Å². The summed E-state index contributed by atoms with van der Waals surface area (Å²) in [6.45, 7) is -0.286. The van der Waals surface area contributed by atoms with E-state index < -0.39 is 29.9 Å². The van der Waals surface area contributed by atoms with Gasteiger partial charge in [0.25, 0.3) is 0 Å². The first-order valence-electron chi connectivity index (χ1n) is 4.83. The fraction of sp³-hybridized carbons (Fsp3) is 0.625. The van der Waals surface area contributed by atoms with Crippen molar-refractivity contribution < 1.29 is 24.6 Å². The Morgan fingerprint density at radius 3 is 2.11 bits per heavy atom. The van der Waals surface area contributed by atoms with Crippen LogP contribution in [-0.4, -0.2) is 58.2 Å². The van der Waals surface area contributed by atoms with Gasteiger partial charge in [-0.2, -0.15) is 0 Å². The number of carbonyl (C=O) groups excluding carboxylic acids is 1. The molecule has 18 heavy (non-hydrogen) atoms. The molecule has 0 rings (SSSR count). The van der Waals surface area contributed by atoms with Crippen LogP contribution in [-0.2, 0) is 14.4 Å². The Bertz CT molecular complexity index is 315. The SMILES string of the molecule is NCC(=O)N[C@H](CSSC[C@@H](N)C(=O)O)C(=O)O. The lowest BCUT2D eigenvalue weighted by Crippen LogP contribution is -2.45. The molecule has 0 spiro atoms. The zero-order chi connectivity index (χ0) is 14.1. The van der Waals surface area contributed by atoms with Crippen LogP contribution in [0.1, 0.15) is 0 Å². The Labute approximate surface area is 111 Å². The first-order valence-corrected chi connectivity index (χ1v) is 7.32. The van der Waals surface area contributed by atoms with E-state index >= 15 is 0 Å². The zero-order valence-electron chi connectivity index (χ0n) is 9.37. The first kappa shape index (κ1) is 17.0. The second-order valence-electron chi connectivity index (χ2n) is 3.18. The number of carboxylic acid groups (broad SMARTS) is 2. The van der Waals surface area contributed by atoms with E-state index in [-0.39, 0.29) is 18.1 Å². The minimum atomic E-state index is -1.17. The zero-order valence-corrected chi connectivity index (χ0v) is 11.0. The molecule has 0 unspecified atom stereocenters. The van der Waals surface area contributed by atoms with Gasteiger partial charge in [-0.25, -0.2) is 4.79 Å². The molecule has 0 saturated carbocycles. The van der Waals surface area contributed by atoms with Crippen LogP contribution < -0.4 is 16.8 Å². The number of amides is 1. The van der Waals surface area contributed by atoms with Gasteiger partial charge in [0, 0.05) is 11.5 Å². The number of carbonyl (C=O) groups is 3. The molecule has 10 heteroatoms. The molecule has 0 saturated heterocycles. The summed E-state index contributed by atoms with van der Waals surface area (Å²) in [5.41, 5.74) is 10.3. The number of nitrogens with one attached hydrogen (secondary N) is 1. The summed E-state index contributed by atoms with van der Waals surface area (Å²) in [5.74, 6) is -2.60. The van der Waals surface area contributed by atoms with Crippen molar-refractivity contribution in [3.63, 3.8) is 0 Å². The van der Waals surface area contributed by atoms with Crippen LogP contribution in [0.4, 0.5) is 0 Å². The molecule has 0 aliphatic heterocycles. The lowest BCUT2D eigenvalue weighted by Gasteiger charge is -2.13. The smallest absolute Gasteiger partial charge is 0.327 e. The second-order valence-corrected chi connectivity index (χ2v) is 5.73. The molecule has 7 N–H and O–H groups in total. The molecule has 0 heterocycles. The van der Waals surface area contributed by atoms with Crippen molar-refractivity contribution in [3.8, 4) is 0 Å². The maximum absolute atomic E-state index is 10.9. The van der Waals surface area contributed by atoms with Gasteiger partial charge in [0.15, 0.2) is 0 Å². The van der Waals surface area contributed by atoms with E-state index in [0.29, 0.717) is 0 Å². The van der Waals surface area contributed by atoms with Crippen molar-refractivity contribution in [1.82, 2.24) is 5.32 Å². The molecule has 0 radical (unpaired) electrons. The van der Waals surface area contributed by atoms with E-state index in [2.05, 4.69) is 5.32 Å². The van der Waals surface area contributed by atoms with Crippen molar-refractivity contribution in [1.29, 1.82) is 0 Å². The molecule has 0 aromatic rings. The molecule has 0 aromatic heterocycles. The summed E-state index contributed by atoms with van der Waals surface area (Å²) >= 11 is 0. The Morgan fingerprint density at radius 1 is 1.11 bits per heavy atom. The molecule has 0 aliphatic carbocycles. The maximum atomic E-state index is 10.9. The minimum absolute atomic E-state index is 0.0953. The van der Waals surface area contributed by atoms with Crippen LogP contribution >= 0.6 is 21.6 Å². The summed E-state index contributed by atoms with van der Waals surface area (Å²) in [6.07, 6.45) is 0. The van der Waals surface area contributed by atoms with E-state index in [9.17, 15) is 14.4 Å². The van der Waals surface area contributed by atoms with Gasteiger partial charge in [-0.1, -0.05) is 21.6 Å². The predicted octanol–water partition coefficient (Wildman–Crippen LogP) is -1.69. The highest BCUT2D eigenvalue weighted by Gasteiger charge is 2.20. The maximum Gasteiger partial charge on any atom is 0.327 e. The molecule has 0 aliphatic rings. The predicted molar refractivity (Wildman–Crippen MR) is 69.1 cm³/mol. The Hall–Kier alpha value is -0.970. The highest BCUT2D eigenvalue weighted by molar-refractivity contribution is 8.76. The number of hydrogen-bond acceptors (Lipinski definition) is 7. The standard InChI is InChI=1S/C8H15N3O5S2/c9-1-6(12)11-5(8(15)16)3-18-17-2-4(10)7(13)14/h4-5H,1-3,9-10H2,(H,11,12)(H,13,14)(H,15,16)/t4-,5-/m1/s1. The second kappa shape index (κ2) is 9.03. The molecule has 1 amide bonds. The summed E-state index contributed by atoms with van der Waals surface area (Å²) in [4.78, 5) is 32.1. The van der Waals surface area contributed by atoms with Crippen molar-refractivity contribution in [3.05, 3.63) is 0 Å². The normalized spacial score (nSPS) is 13.7. The monoisotopic (exact) mass is 297 g/mol. The number of rotatable bonds is 9. The van der Waals surface area contributed by atoms with Gasteiger partial charge in [-0.15, -0.1) is 0 Å². The van der Waals surface area contributed by atoms with E-state index in [1.807, 2.05) is 0 Å². The topological polar surface area (TPSA) is 156 Å². The quantitative estimate of drug-likeness (QED) is 0.247. The van der Waals surface area contributed by atoms with Gasteiger partial charge in [0.05, 0.1) is 6.54 Å². The van der Waals surface area contributed by atoms with Crippen molar-refractivity contribution in [2.45, 2.75) is 12.1 Å². The van der Waals surface area contributed by atoms with Crippen molar-refractivity contribution in [2.75, 3.05) is 18.1 Å². The highest BCUT2D eigenvalue weighted by atomic mass is 33.1. The molecule has 0 fully saturated rings. The molecule has 0 bridgehead atoms. The molecule has 2 atom stereocenters. The molecular formula is C8H15N3O5S2. The van der Waals surface area contributed by atoms with Crippen molar-refractivity contribution >= 4 is 39.4 Å². The third-order valence-corrected chi connectivity index (χ3v) is 4.15. The van der Waals surface area contributed by atoms with Gasteiger partial charge >= 0.3 is 11.9 Å². The lowest BCUT2D eigenvalue weighted by molar-refractivity contribution is -0.141. The van der Waals surface area contributed by atoms with Crippen LogP contribution in [0.3, 0.4) is 0 Å². The van der Waals surface area contributed by atoms with Gasteiger partial charge in [0.1, 0.15) is 12.1 Å². The summed E-state index contributed by atoms with van der Waals surface area (Å²) < 4.78 is 0. The highest BCUT2D eigenvalue weighted by Crippen LogP contribution is 2.22. The third-order valence-electron chi connectivity index (χ3n) is 1.70. The van der Waals surface area contributed by atoms with Crippen LogP contribution in [0, 0.1) is 0 Å². The largest absolute Gasteiger partial charge is 0.480 e. The number of aliphatic carboxylic acids is 2. The summed E-state index contributed by atoms with van der Waals surface area (Å²) in [7, 11) is 2.26. The van der Waals surface area contributed by atoms with Gasteiger partial charge in [-0.3, -0.25) is 9.59 Å². The number of nitrogens with two attached hydrogens (primary N) is 2. The summed E-state index contributed by atoms with van der Waals surface area (Å²) in [6, 6.07) is -2.05. The minimum Gasteiger partial charge on any atom is -0.480 e. The Morgan fingerprint density at radius 2 is 1.67 bits per heavy atom. The van der Waals surface area contributed by atoms with Gasteiger partial charge < -0.3 is 27.0 Å². The Balaban J connectivity index is 3.95. The van der Waals surface area contributed by atoms with Crippen molar-refractivity contribution in [2.24, 2.45) is 11.5 Å². The number of carboxylic acids is 2. The van der Waals surface area contributed by atoms with Crippen LogP contribution in [0.25, 0.3) is 0 Å². The third kappa shape index (κ3) is 7.37. The molecule has 104 valence electrons. The number of hydrogen-bond donors (Lipinski definition) is 5. The Kier molecular flexibility index (Phi) is 8.54. The molecule has 0 aromatic carbocycles. The molecular weight excluding hydrogens is 282 g/mol. The fourth-order valence-corrected chi connectivity index (χ4v) is 3.01. The lowest BCUT2D eigenvalue weighted by atomic mass is 10.3. The first-order chi connectivity index (χ1) is 8.38. The van der Waals surface area contributed by atoms with Crippen LogP contribution in [0.15, 0.2) is 0 Å².